The number of ketones is 1. The highest BCUT2D eigenvalue weighted by atomic mass is 35.5. The van der Waals surface area contributed by atoms with Gasteiger partial charge in [0.25, 0.3) is 0 Å². The minimum absolute atomic E-state index is 0.0294. The number of carbonyl (C=O) groups excluding carboxylic acids is 2. The van der Waals surface area contributed by atoms with Gasteiger partial charge in [-0.1, -0.05) is 11.6 Å². The largest absolute Gasteiger partial charge is 0.486 e. The number of sulfone groups is 1. The monoisotopic (exact) mass is 424 g/mol. The van der Waals surface area contributed by atoms with E-state index in [1.54, 1.807) is 12.1 Å². The number of hydrogen-bond donors (Lipinski definition) is 0. The molecule has 148 valence electrons. The molecule has 0 bridgehead atoms. The van der Waals surface area contributed by atoms with Crippen molar-refractivity contribution >= 4 is 33.2 Å². The summed E-state index contributed by atoms with van der Waals surface area (Å²) >= 11 is 5.75. The van der Waals surface area contributed by atoms with Crippen LogP contribution in [0.4, 0.5) is 0 Å². The van der Waals surface area contributed by atoms with Crippen LogP contribution in [0.15, 0.2) is 47.4 Å². The van der Waals surface area contributed by atoms with E-state index in [0.29, 0.717) is 35.3 Å². The van der Waals surface area contributed by atoms with Crippen LogP contribution in [0.5, 0.6) is 11.5 Å². The van der Waals surface area contributed by atoms with Gasteiger partial charge in [0.2, 0.25) is 0 Å². The number of fused-ring (bicyclic) bond motifs is 1. The van der Waals surface area contributed by atoms with Crippen LogP contribution in [0.2, 0.25) is 5.02 Å². The Hall–Kier alpha value is -2.58. The third-order valence-corrected chi connectivity index (χ3v) is 5.94. The fourth-order valence-corrected chi connectivity index (χ4v) is 3.85. The molecule has 0 saturated heterocycles. The first-order valence-electron chi connectivity index (χ1n) is 8.42. The maximum Gasteiger partial charge on any atom is 0.307 e. The zero-order valence-corrected chi connectivity index (χ0v) is 16.3. The fourth-order valence-electron chi connectivity index (χ4n) is 2.49. The summed E-state index contributed by atoms with van der Waals surface area (Å²) in [5, 5.41) is 0.484. The van der Waals surface area contributed by atoms with Gasteiger partial charge in [0.05, 0.1) is 17.1 Å². The number of benzene rings is 2. The molecule has 9 heteroatoms. The molecule has 2 aromatic rings. The Labute approximate surface area is 167 Å². The SMILES string of the molecule is O=C(CCS(=O)(=O)c1ccc2c(c1)OCCO2)OCC(=O)c1ccc(Cl)cc1. The van der Waals surface area contributed by atoms with E-state index >= 15 is 0 Å². The lowest BCUT2D eigenvalue weighted by Gasteiger charge is -2.18. The smallest absolute Gasteiger partial charge is 0.307 e. The molecule has 0 fully saturated rings. The van der Waals surface area contributed by atoms with Gasteiger partial charge < -0.3 is 14.2 Å². The lowest BCUT2D eigenvalue weighted by atomic mass is 10.1. The molecule has 3 rings (SSSR count). The van der Waals surface area contributed by atoms with Gasteiger partial charge in [-0.2, -0.15) is 0 Å². The quantitative estimate of drug-likeness (QED) is 0.498. The van der Waals surface area contributed by atoms with Crippen LogP contribution in [0, 0.1) is 0 Å². The summed E-state index contributed by atoms with van der Waals surface area (Å²) in [5.41, 5.74) is 0.348. The second-order valence-corrected chi connectivity index (χ2v) is 8.51. The molecule has 0 radical (unpaired) electrons. The maximum absolute atomic E-state index is 12.4. The Morgan fingerprint density at radius 1 is 1.00 bits per heavy atom. The molecule has 0 unspecified atom stereocenters. The second kappa shape index (κ2) is 8.62. The molecular weight excluding hydrogens is 408 g/mol. The van der Waals surface area contributed by atoms with E-state index in [-0.39, 0.29) is 11.3 Å². The van der Waals surface area contributed by atoms with Crippen LogP contribution in [0.3, 0.4) is 0 Å². The molecule has 7 nitrogen and oxygen atoms in total. The lowest BCUT2D eigenvalue weighted by Crippen LogP contribution is -2.18. The predicted molar refractivity (Wildman–Crippen MR) is 101 cm³/mol. The Balaban J connectivity index is 1.53. The van der Waals surface area contributed by atoms with Gasteiger partial charge >= 0.3 is 5.97 Å². The summed E-state index contributed by atoms with van der Waals surface area (Å²) in [5.74, 6) is -0.794. The Bertz CT molecular complexity index is 984. The molecule has 0 amide bonds. The summed E-state index contributed by atoms with van der Waals surface area (Å²) in [7, 11) is -3.72. The molecule has 0 N–H and O–H groups in total. The molecule has 0 atom stereocenters. The van der Waals surface area contributed by atoms with Crippen molar-refractivity contribution < 1.29 is 32.2 Å². The van der Waals surface area contributed by atoms with Gasteiger partial charge in [-0.3, -0.25) is 9.59 Å². The summed E-state index contributed by atoms with van der Waals surface area (Å²) in [6, 6.07) is 10.4. The third-order valence-electron chi connectivity index (χ3n) is 3.98. The molecule has 0 aromatic heterocycles. The van der Waals surface area contributed by atoms with Crippen LogP contribution in [0.1, 0.15) is 16.8 Å². The topological polar surface area (TPSA) is 96.0 Å². The second-order valence-electron chi connectivity index (χ2n) is 5.97. The van der Waals surface area contributed by atoms with Crippen molar-refractivity contribution in [3.05, 3.63) is 53.1 Å². The number of hydrogen-bond acceptors (Lipinski definition) is 7. The molecule has 2 aromatic carbocycles. The summed E-state index contributed by atoms with van der Waals surface area (Å²) < 4.78 is 40.5. The summed E-state index contributed by atoms with van der Waals surface area (Å²) in [6.07, 6.45) is -0.370. The van der Waals surface area contributed by atoms with Gasteiger partial charge in [-0.15, -0.1) is 0 Å². The molecule has 0 saturated carbocycles. The number of esters is 1. The maximum atomic E-state index is 12.4. The fraction of sp³-hybridized carbons (Fsp3) is 0.263. The van der Waals surface area contributed by atoms with Crippen molar-refractivity contribution in [3.8, 4) is 11.5 Å². The lowest BCUT2D eigenvalue weighted by molar-refractivity contribution is -0.142. The number of Topliss-reactive ketones (excluding diaryl/α,β-unsaturated/α-hetero) is 1. The average molecular weight is 425 g/mol. The van der Waals surface area contributed by atoms with Crippen LogP contribution in [0.25, 0.3) is 0 Å². The van der Waals surface area contributed by atoms with E-state index in [2.05, 4.69) is 0 Å². The highest BCUT2D eigenvalue weighted by molar-refractivity contribution is 7.91. The van der Waals surface area contributed by atoms with Gasteiger partial charge in [-0.25, -0.2) is 8.42 Å². The zero-order valence-electron chi connectivity index (χ0n) is 14.7. The third kappa shape index (κ3) is 5.02. The molecule has 28 heavy (non-hydrogen) atoms. The zero-order chi connectivity index (χ0) is 20.1. The molecule has 1 aliphatic rings. The highest BCUT2D eigenvalue weighted by Gasteiger charge is 2.21. The van der Waals surface area contributed by atoms with Crippen molar-refractivity contribution in [3.63, 3.8) is 0 Å². The van der Waals surface area contributed by atoms with Crippen molar-refractivity contribution in [2.24, 2.45) is 0 Å². The first kappa shape index (κ1) is 20.2. The Morgan fingerprint density at radius 3 is 2.39 bits per heavy atom. The number of rotatable bonds is 7. The number of carbonyl (C=O) groups is 2. The van der Waals surface area contributed by atoms with Gasteiger partial charge in [-0.05, 0) is 36.4 Å². The van der Waals surface area contributed by atoms with Crippen molar-refractivity contribution in [1.82, 2.24) is 0 Å². The molecule has 1 aliphatic heterocycles. The normalized spacial score (nSPS) is 13.0. The number of halogens is 1. The molecule has 1 heterocycles. The molecule has 0 spiro atoms. The van der Waals surface area contributed by atoms with Gasteiger partial charge in [0.15, 0.2) is 33.7 Å². The standard InChI is InChI=1S/C19H17ClO7S/c20-14-3-1-13(2-4-14)16(21)12-27-19(22)7-10-28(23,24)15-5-6-17-18(11-15)26-9-8-25-17/h1-6,11H,7-10,12H2. The first-order valence-corrected chi connectivity index (χ1v) is 10.4. The number of ether oxygens (including phenoxy) is 3. The van der Waals surface area contributed by atoms with Crippen LogP contribution < -0.4 is 9.47 Å². The Morgan fingerprint density at radius 2 is 1.68 bits per heavy atom. The summed E-state index contributed by atoms with van der Waals surface area (Å²) in [4.78, 5) is 23.8. The molecular formula is C19H17ClO7S. The van der Waals surface area contributed by atoms with Crippen LogP contribution in [-0.4, -0.2) is 45.7 Å². The van der Waals surface area contributed by atoms with Gasteiger partial charge in [0, 0.05) is 16.7 Å². The first-order chi connectivity index (χ1) is 13.3. The van der Waals surface area contributed by atoms with E-state index < -0.39 is 33.9 Å². The Kier molecular flexibility index (Phi) is 6.21. The van der Waals surface area contributed by atoms with Crippen molar-refractivity contribution in [2.75, 3.05) is 25.6 Å². The minimum atomic E-state index is -3.72. The van der Waals surface area contributed by atoms with E-state index in [9.17, 15) is 18.0 Å². The van der Waals surface area contributed by atoms with E-state index in [1.807, 2.05) is 0 Å². The van der Waals surface area contributed by atoms with E-state index in [0.717, 1.165) is 0 Å². The van der Waals surface area contributed by atoms with Crippen molar-refractivity contribution in [2.45, 2.75) is 11.3 Å². The minimum Gasteiger partial charge on any atom is -0.486 e. The average Bonchev–Trinajstić information content (AvgIpc) is 2.70. The van der Waals surface area contributed by atoms with E-state index in [1.165, 1.54) is 30.3 Å². The predicted octanol–water partition coefficient (Wildman–Crippen LogP) is 2.70. The van der Waals surface area contributed by atoms with Gasteiger partial charge in [0.1, 0.15) is 13.2 Å². The van der Waals surface area contributed by atoms with Crippen LogP contribution in [-0.2, 0) is 19.4 Å². The highest BCUT2D eigenvalue weighted by Crippen LogP contribution is 2.32. The summed E-state index contributed by atoms with van der Waals surface area (Å²) in [6.45, 7) is 0.273. The van der Waals surface area contributed by atoms with E-state index in [4.69, 9.17) is 25.8 Å². The van der Waals surface area contributed by atoms with Crippen LogP contribution >= 0.6 is 11.6 Å². The van der Waals surface area contributed by atoms with Crippen molar-refractivity contribution in [1.29, 1.82) is 0 Å². The molecule has 0 aliphatic carbocycles.